The molecule has 0 aliphatic rings. The molecule has 6 nitrogen and oxygen atoms in total. The van der Waals surface area contributed by atoms with Crippen LogP contribution < -0.4 is 9.47 Å². The van der Waals surface area contributed by atoms with Crippen molar-refractivity contribution in [1.29, 1.82) is 0 Å². The van der Waals surface area contributed by atoms with Gasteiger partial charge in [-0.15, -0.1) is 0 Å². The van der Waals surface area contributed by atoms with E-state index in [0.29, 0.717) is 34.9 Å². The first-order valence-electron chi connectivity index (χ1n) is 8.02. The lowest BCUT2D eigenvalue weighted by Crippen LogP contribution is -2.13. The van der Waals surface area contributed by atoms with Crippen LogP contribution in [0.1, 0.15) is 39.0 Å². The lowest BCUT2D eigenvalue weighted by molar-refractivity contribution is 0.0587. The van der Waals surface area contributed by atoms with E-state index < -0.39 is 5.97 Å². The van der Waals surface area contributed by atoms with Crippen molar-refractivity contribution in [1.82, 2.24) is 4.57 Å². The number of esters is 1. The summed E-state index contributed by atoms with van der Waals surface area (Å²) in [4.78, 5) is 24.7. The second kappa shape index (κ2) is 7.88. The average molecular weight is 345 g/mol. The summed E-state index contributed by atoms with van der Waals surface area (Å²) in [7, 11) is 2.92. The highest BCUT2D eigenvalue weighted by Gasteiger charge is 2.26. The Morgan fingerprint density at radius 2 is 1.64 bits per heavy atom. The average Bonchev–Trinajstić information content (AvgIpc) is 2.89. The molecule has 0 radical (unpaired) electrons. The van der Waals surface area contributed by atoms with E-state index >= 15 is 0 Å². The van der Waals surface area contributed by atoms with Gasteiger partial charge in [0.05, 0.1) is 14.2 Å². The summed E-state index contributed by atoms with van der Waals surface area (Å²) in [6.45, 7) is 5.96. The Hall–Kier alpha value is -2.76. The lowest BCUT2D eigenvalue weighted by Gasteiger charge is -2.08. The maximum Gasteiger partial charge on any atom is 0.354 e. The largest absolute Gasteiger partial charge is 0.497 e. The third-order valence-electron chi connectivity index (χ3n) is 4.17. The van der Waals surface area contributed by atoms with Crippen LogP contribution in [0.15, 0.2) is 24.3 Å². The Bertz CT molecular complexity index is 774. The molecule has 2 rings (SSSR count). The SMILES string of the molecule is CCn1c(C)c(C(=O)COc2ccc(OC)cc2)c(C)c1C(=O)OC. The number of ether oxygens (including phenoxy) is 3. The van der Waals surface area contributed by atoms with Crippen LogP contribution in [-0.4, -0.2) is 37.1 Å². The summed E-state index contributed by atoms with van der Waals surface area (Å²) in [6, 6.07) is 7.00. The van der Waals surface area contributed by atoms with Gasteiger partial charge in [-0.25, -0.2) is 4.79 Å². The molecule has 0 aliphatic carbocycles. The third kappa shape index (κ3) is 3.68. The van der Waals surface area contributed by atoms with E-state index in [-0.39, 0.29) is 12.4 Å². The number of Topliss-reactive ketones (excluding diaryl/α,β-unsaturated/α-hetero) is 1. The molecule has 0 spiro atoms. The number of ketones is 1. The molecule has 0 fully saturated rings. The minimum absolute atomic E-state index is 0.109. The minimum atomic E-state index is -0.447. The van der Waals surface area contributed by atoms with Crippen LogP contribution in [0.25, 0.3) is 0 Å². The zero-order chi connectivity index (χ0) is 18.6. The summed E-state index contributed by atoms with van der Waals surface area (Å²) in [5, 5.41) is 0. The van der Waals surface area contributed by atoms with Gasteiger partial charge in [0.1, 0.15) is 17.2 Å². The van der Waals surface area contributed by atoms with E-state index in [1.165, 1.54) is 7.11 Å². The van der Waals surface area contributed by atoms with Crippen molar-refractivity contribution in [3.63, 3.8) is 0 Å². The fourth-order valence-electron chi connectivity index (χ4n) is 2.95. The number of benzene rings is 1. The normalized spacial score (nSPS) is 10.4. The van der Waals surface area contributed by atoms with Gasteiger partial charge in [-0.05, 0) is 50.6 Å². The molecule has 0 atom stereocenters. The van der Waals surface area contributed by atoms with Crippen molar-refractivity contribution >= 4 is 11.8 Å². The quantitative estimate of drug-likeness (QED) is 0.569. The number of rotatable bonds is 7. The van der Waals surface area contributed by atoms with Crippen molar-refractivity contribution in [2.45, 2.75) is 27.3 Å². The molecule has 6 heteroatoms. The maximum absolute atomic E-state index is 12.7. The molecule has 1 aromatic carbocycles. The van der Waals surface area contributed by atoms with Crippen LogP contribution in [0.4, 0.5) is 0 Å². The Kier molecular flexibility index (Phi) is 5.85. The Morgan fingerprint density at radius 3 is 2.16 bits per heavy atom. The van der Waals surface area contributed by atoms with Gasteiger partial charge in [-0.2, -0.15) is 0 Å². The molecule has 0 saturated heterocycles. The monoisotopic (exact) mass is 345 g/mol. The summed E-state index contributed by atoms with van der Waals surface area (Å²) in [5.74, 6) is 0.668. The van der Waals surface area contributed by atoms with Crippen LogP contribution in [0, 0.1) is 13.8 Å². The molecule has 2 aromatic rings. The molecular formula is C19H23NO5. The third-order valence-corrected chi connectivity index (χ3v) is 4.17. The molecule has 0 N–H and O–H groups in total. The number of hydrogen-bond donors (Lipinski definition) is 0. The lowest BCUT2D eigenvalue weighted by atomic mass is 10.1. The van der Waals surface area contributed by atoms with Gasteiger partial charge in [0.2, 0.25) is 5.78 Å². The Morgan fingerprint density at radius 1 is 1.04 bits per heavy atom. The zero-order valence-corrected chi connectivity index (χ0v) is 15.2. The van der Waals surface area contributed by atoms with Crippen LogP contribution in [0.5, 0.6) is 11.5 Å². The summed E-state index contributed by atoms with van der Waals surface area (Å²) >= 11 is 0. The molecule has 1 heterocycles. The Balaban J connectivity index is 2.23. The van der Waals surface area contributed by atoms with Crippen LogP contribution >= 0.6 is 0 Å². The van der Waals surface area contributed by atoms with E-state index in [4.69, 9.17) is 14.2 Å². The van der Waals surface area contributed by atoms with E-state index in [1.54, 1.807) is 42.9 Å². The first-order valence-corrected chi connectivity index (χ1v) is 8.02. The maximum atomic E-state index is 12.7. The summed E-state index contributed by atoms with van der Waals surface area (Å²) in [6.07, 6.45) is 0. The first kappa shape index (κ1) is 18.6. The van der Waals surface area contributed by atoms with E-state index in [1.807, 2.05) is 13.8 Å². The molecule has 0 amide bonds. The van der Waals surface area contributed by atoms with Gasteiger partial charge < -0.3 is 18.8 Å². The van der Waals surface area contributed by atoms with Crippen molar-refractivity contribution in [3.8, 4) is 11.5 Å². The molecular weight excluding hydrogens is 322 g/mol. The minimum Gasteiger partial charge on any atom is -0.497 e. The van der Waals surface area contributed by atoms with Crippen molar-refractivity contribution in [3.05, 3.63) is 46.8 Å². The van der Waals surface area contributed by atoms with Crippen LogP contribution in [0.3, 0.4) is 0 Å². The topological polar surface area (TPSA) is 66.8 Å². The van der Waals surface area contributed by atoms with Gasteiger partial charge in [0.15, 0.2) is 6.61 Å². The number of aromatic nitrogens is 1. The van der Waals surface area contributed by atoms with Crippen molar-refractivity contribution < 1.29 is 23.8 Å². The van der Waals surface area contributed by atoms with Crippen molar-refractivity contribution in [2.75, 3.05) is 20.8 Å². The fourth-order valence-corrected chi connectivity index (χ4v) is 2.95. The molecule has 134 valence electrons. The van der Waals surface area contributed by atoms with Crippen LogP contribution in [-0.2, 0) is 11.3 Å². The molecule has 1 aromatic heterocycles. The standard InChI is InChI=1S/C19H23NO5/c1-6-20-13(3)17(12(2)18(20)19(22)24-5)16(21)11-25-15-9-7-14(23-4)8-10-15/h7-10H,6,11H2,1-5H3. The van der Waals surface area contributed by atoms with Crippen LogP contribution in [0.2, 0.25) is 0 Å². The predicted molar refractivity (Wildman–Crippen MR) is 93.7 cm³/mol. The highest BCUT2D eigenvalue weighted by atomic mass is 16.5. The fraction of sp³-hybridized carbons (Fsp3) is 0.368. The highest BCUT2D eigenvalue weighted by molar-refractivity contribution is 6.03. The predicted octanol–water partition coefficient (Wildman–Crippen LogP) is 3.18. The Labute approximate surface area is 147 Å². The zero-order valence-electron chi connectivity index (χ0n) is 15.2. The van der Waals surface area contributed by atoms with Gasteiger partial charge in [0.25, 0.3) is 0 Å². The number of hydrogen-bond acceptors (Lipinski definition) is 5. The highest BCUT2D eigenvalue weighted by Crippen LogP contribution is 2.24. The van der Waals surface area contributed by atoms with Gasteiger partial charge in [-0.3, -0.25) is 4.79 Å². The van der Waals surface area contributed by atoms with E-state index in [2.05, 4.69) is 0 Å². The second-order valence-corrected chi connectivity index (χ2v) is 5.56. The van der Waals surface area contributed by atoms with E-state index in [0.717, 1.165) is 5.69 Å². The van der Waals surface area contributed by atoms with Gasteiger partial charge >= 0.3 is 5.97 Å². The van der Waals surface area contributed by atoms with Gasteiger partial charge in [-0.1, -0.05) is 0 Å². The smallest absolute Gasteiger partial charge is 0.354 e. The van der Waals surface area contributed by atoms with E-state index in [9.17, 15) is 9.59 Å². The summed E-state index contributed by atoms with van der Waals surface area (Å²) in [5.41, 5.74) is 2.28. The molecule has 25 heavy (non-hydrogen) atoms. The number of carbonyl (C=O) groups excluding carboxylic acids is 2. The van der Waals surface area contributed by atoms with Crippen molar-refractivity contribution in [2.24, 2.45) is 0 Å². The number of methoxy groups -OCH3 is 2. The van der Waals surface area contributed by atoms with Gasteiger partial charge in [0, 0.05) is 17.8 Å². The number of nitrogens with zero attached hydrogens (tertiary/aromatic N) is 1. The first-order chi connectivity index (χ1) is 11.9. The summed E-state index contributed by atoms with van der Waals surface area (Å²) < 4.78 is 17.3. The second-order valence-electron chi connectivity index (χ2n) is 5.56. The molecule has 0 aliphatic heterocycles. The molecule has 0 bridgehead atoms. The number of carbonyl (C=O) groups is 2. The molecule has 0 unspecified atom stereocenters. The molecule has 0 saturated carbocycles.